The number of sulfone groups is 1. The lowest BCUT2D eigenvalue weighted by molar-refractivity contribution is 0.554. The smallest absolute Gasteiger partial charge is 0.191 e. The lowest BCUT2D eigenvalue weighted by Crippen LogP contribution is -2.41. The number of hydrogen-bond donors (Lipinski definition) is 2. The van der Waals surface area contributed by atoms with Gasteiger partial charge in [0.1, 0.15) is 0 Å². The molecule has 8 heteroatoms. The summed E-state index contributed by atoms with van der Waals surface area (Å²) in [5, 5.41) is 6.38. The Labute approximate surface area is 167 Å². The highest BCUT2D eigenvalue weighted by Crippen LogP contribution is 2.16. The van der Waals surface area contributed by atoms with Gasteiger partial charge < -0.3 is 10.6 Å². The molecule has 0 spiro atoms. The molecule has 0 unspecified atom stereocenters. The van der Waals surface area contributed by atoms with E-state index >= 15 is 0 Å². The Morgan fingerprint density at radius 1 is 1.21 bits per heavy atom. The van der Waals surface area contributed by atoms with Crippen molar-refractivity contribution in [2.24, 2.45) is 4.99 Å². The lowest BCUT2D eigenvalue weighted by Gasteiger charge is -2.21. The van der Waals surface area contributed by atoms with E-state index in [1.54, 1.807) is 25.6 Å². The first-order valence-corrected chi connectivity index (χ1v) is 10.5. The standard InChI is InChI=1S/C16H27N3O2S2.HI/c1-5-17-15(19-13-16(2,3)23(4,20)21)18-11-12-22-14-9-7-6-8-10-14;/h6-10H,5,11-13H2,1-4H3,(H2,17,18,19);1H. The monoisotopic (exact) mass is 485 g/mol. The molecule has 0 saturated heterocycles. The van der Waals surface area contributed by atoms with Crippen molar-refractivity contribution in [1.82, 2.24) is 10.6 Å². The van der Waals surface area contributed by atoms with Crippen LogP contribution in [0.1, 0.15) is 20.8 Å². The van der Waals surface area contributed by atoms with Gasteiger partial charge in [0.25, 0.3) is 0 Å². The Hall–Kier alpha value is -0.480. The second kappa shape index (κ2) is 11.2. The summed E-state index contributed by atoms with van der Waals surface area (Å²) < 4.78 is 22.6. The summed E-state index contributed by atoms with van der Waals surface area (Å²) in [6.07, 6.45) is 1.25. The van der Waals surface area contributed by atoms with Crippen LogP contribution < -0.4 is 10.6 Å². The van der Waals surface area contributed by atoms with Crippen molar-refractivity contribution in [3.05, 3.63) is 30.3 Å². The summed E-state index contributed by atoms with van der Waals surface area (Å²) in [6, 6.07) is 10.2. The van der Waals surface area contributed by atoms with Crippen LogP contribution in [0.5, 0.6) is 0 Å². The molecule has 0 amide bonds. The summed E-state index contributed by atoms with van der Waals surface area (Å²) in [4.78, 5) is 5.63. The van der Waals surface area contributed by atoms with Gasteiger partial charge in [-0.1, -0.05) is 18.2 Å². The molecule has 0 bridgehead atoms. The number of guanidine groups is 1. The Balaban J connectivity index is 0.00000529. The normalized spacial score (nSPS) is 12.4. The van der Waals surface area contributed by atoms with E-state index in [1.165, 1.54) is 11.2 Å². The molecule has 0 fully saturated rings. The predicted octanol–water partition coefficient (Wildman–Crippen LogP) is 2.78. The van der Waals surface area contributed by atoms with E-state index in [2.05, 4.69) is 27.8 Å². The number of rotatable bonds is 8. The van der Waals surface area contributed by atoms with Gasteiger partial charge in [-0.25, -0.2) is 8.42 Å². The average molecular weight is 485 g/mol. The molecular formula is C16H28IN3O2S2. The molecular weight excluding hydrogens is 457 g/mol. The van der Waals surface area contributed by atoms with Crippen molar-refractivity contribution >= 4 is 51.5 Å². The van der Waals surface area contributed by atoms with Crippen molar-refractivity contribution in [3.8, 4) is 0 Å². The molecule has 0 aliphatic carbocycles. The Morgan fingerprint density at radius 3 is 2.38 bits per heavy atom. The van der Waals surface area contributed by atoms with Crippen molar-refractivity contribution < 1.29 is 8.42 Å². The van der Waals surface area contributed by atoms with Crippen LogP contribution in [-0.4, -0.2) is 50.8 Å². The number of nitrogens with zero attached hydrogens (tertiary/aromatic N) is 1. The minimum Gasteiger partial charge on any atom is -0.357 e. The van der Waals surface area contributed by atoms with Gasteiger partial charge in [-0.3, -0.25) is 4.99 Å². The van der Waals surface area contributed by atoms with Gasteiger partial charge in [0.2, 0.25) is 0 Å². The zero-order chi connectivity index (χ0) is 17.3. The second-order valence-corrected chi connectivity index (χ2v) is 9.63. The highest BCUT2D eigenvalue weighted by molar-refractivity contribution is 14.0. The van der Waals surface area contributed by atoms with Gasteiger partial charge in [0, 0.05) is 30.0 Å². The van der Waals surface area contributed by atoms with E-state index < -0.39 is 14.6 Å². The molecule has 1 rings (SSSR count). The molecule has 0 aliphatic rings. The summed E-state index contributed by atoms with van der Waals surface area (Å²) >= 11 is 1.77. The van der Waals surface area contributed by atoms with Crippen molar-refractivity contribution in [3.63, 3.8) is 0 Å². The van der Waals surface area contributed by atoms with Crippen LogP contribution in [0.15, 0.2) is 40.2 Å². The Bertz CT molecular complexity index is 605. The zero-order valence-electron chi connectivity index (χ0n) is 14.7. The highest BCUT2D eigenvalue weighted by atomic mass is 127. The van der Waals surface area contributed by atoms with Crippen molar-refractivity contribution in [1.29, 1.82) is 0 Å². The van der Waals surface area contributed by atoms with E-state index in [4.69, 9.17) is 0 Å². The first kappa shape index (κ1) is 23.5. The molecule has 2 N–H and O–H groups in total. The summed E-state index contributed by atoms with van der Waals surface area (Å²) in [5.74, 6) is 1.56. The van der Waals surface area contributed by atoms with E-state index in [1.807, 2.05) is 25.1 Å². The quantitative estimate of drug-likeness (QED) is 0.195. The van der Waals surface area contributed by atoms with Crippen molar-refractivity contribution in [2.75, 3.05) is 31.6 Å². The topological polar surface area (TPSA) is 70.6 Å². The molecule has 1 aromatic carbocycles. The van der Waals surface area contributed by atoms with Crippen LogP contribution in [0.25, 0.3) is 0 Å². The van der Waals surface area contributed by atoms with Crippen LogP contribution >= 0.6 is 35.7 Å². The van der Waals surface area contributed by atoms with Crippen molar-refractivity contribution in [2.45, 2.75) is 30.4 Å². The van der Waals surface area contributed by atoms with Crippen LogP contribution in [0.2, 0.25) is 0 Å². The number of thioether (sulfide) groups is 1. The fourth-order valence-corrected chi connectivity index (χ4v) is 2.67. The van der Waals surface area contributed by atoms with Gasteiger partial charge in [-0.05, 0) is 32.9 Å². The first-order valence-electron chi connectivity index (χ1n) is 7.66. The maximum absolute atomic E-state index is 11.7. The molecule has 1 aromatic rings. The number of halogens is 1. The van der Waals surface area contributed by atoms with Gasteiger partial charge in [-0.15, -0.1) is 35.7 Å². The second-order valence-electron chi connectivity index (χ2n) is 5.82. The molecule has 0 heterocycles. The minimum absolute atomic E-state index is 0. The maximum Gasteiger partial charge on any atom is 0.191 e. The minimum atomic E-state index is -3.14. The largest absolute Gasteiger partial charge is 0.357 e. The number of nitrogens with one attached hydrogen (secondary N) is 2. The van der Waals surface area contributed by atoms with Gasteiger partial charge in [0.05, 0.1) is 11.3 Å². The molecule has 5 nitrogen and oxygen atoms in total. The van der Waals surface area contributed by atoms with E-state index in [9.17, 15) is 8.42 Å². The summed E-state index contributed by atoms with van der Waals surface area (Å²) in [5.41, 5.74) is 0. The van der Waals surface area contributed by atoms with E-state index in [-0.39, 0.29) is 30.5 Å². The summed E-state index contributed by atoms with van der Waals surface area (Å²) in [7, 11) is -3.14. The maximum atomic E-state index is 11.7. The van der Waals surface area contributed by atoms with E-state index in [0.29, 0.717) is 5.96 Å². The third-order valence-electron chi connectivity index (χ3n) is 3.37. The van der Waals surface area contributed by atoms with E-state index in [0.717, 1.165) is 18.8 Å². The van der Waals surface area contributed by atoms with Crippen LogP contribution in [0, 0.1) is 0 Å². The third-order valence-corrected chi connectivity index (χ3v) is 6.52. The average Bonchev–Trinajstić information content (AvgIpc) is 2.49. The predicted molar refractivity (Wildman–Crippen MR) is 115 cm³/mol. The zero-order valence-corrected chi connectivity index (χ0v) is 18.7. The molecule has 0 aliphatic heterocycles. The third kappa shape index (κ3) is 8.57. The van der Waals surface area contributed by atoms with Gasteiger partial charge in [-0.2, -0.15) is 0 Å². The molecule has 0 aromatic heterocycles. The molecule has 0 atom stereocenters. The van der Waals surface area contributed by atoms with Crippen LogP contribution in [-0.2, 0) is 9.84 Å². The number of benzene rings is 1. The highest BCUT2D eigenvalue weighted by Gasteiger charge is 2.29. The summed E-state index contributed by atoms with van der Waals surface area (Å²) in [6.45, 7) is 7.09. The molecule has 24 heavy (non-hydrogen) atoms. The SMILES string of the molecule is CCNC(=NCC(C)(C)S(C)(=O)=O)NCCSc1ccccc1.I. The Kier molecular flexibility index (Phi) is 11.0. The van der Waals surface area contributed by atoms with Gasteiger partial charge >= 0.3 is 0 Å². The molecule has 138 valence electrons. The fraction of sp³-hybridized carbons (Fsp3) is 0.562. The first-order chi connectivity index (χ1) is 10.8. The fourth-order valence-electron chi connectivity index (χ4n) is 1.58. The lowest BCUT2D eigenvalue weighted by atomic mass is 10.2. The number of hydrogen-bond acceptors (Lipinski definition) is 4. The van der Waals surface area contributed by atoms with Crippen LogP contribution in [0.4, 0.5) is 0 Å². The Morgan fingerprint density at radius 2 is 1.83 bits per heavy atom. The molecule has 0 saturated carbocycles. The molecule has 0 radical (unpaired) electrons. The number of aliphatic imine (C=N–C) groups is 1. The van der Waals surface area contributed by atoms with Crippen LogP contribution in [0.3, 0.4) is 0 Å². The van der Waals surface area contributed by atoms with Gasteiger partial charge in [0.15, 0.2) is 15.8 Å².